The monoisotopic (exact) mass is 244 g/mol. The molecule has 6 heteroatoms. The minimum Gasteiger partial charge on any atom is -0.461 e. The molecule has 0 aliphatic heterocycles. The van der Waals surface area contributed by atoms with Crippen LogP contribution in [0, 0.1) is 5.92 Å². The van der Waals surface area contributed by atoms with Crippen molar-refractivity contribution >= 4 is 5.97 Å². The van der Waals surface area contributed by atoms with Gasteiger partial charge in [0.2, 0.25) is 5.92 Å². The Hall–Kier alpha value is -1.46. The number of esters is 1. The molecule has 1 aromatic rings. The third kappa shape index (κ3) is 2.62. The molecule has 0 N–H and O–H groups in total. The van der Waals surface area contributed by atoms with Gasteiger partial charge in [-0.2, -0.15) is 5.10 Å². The second-order valence-corrected chi connectivity index (χ2v) is 4.25. The molecule has 4 nitrogen and oxygen atoms in total. The van der Waals surface area contributed by atoms with Crippen molar-refractivity contribution in [3.8, 4) is 0 Å². The van der Waals surface area contributed by atoms with Gasteiger partial charge in [-0.25, -0.2) is 13.6 Å². The van der Waals surface area contributed by atoms with Crippen molar-refractivity contribution in [3.63, 3.8) is 0 Å². The maximum Gasteiger partial charge on any atom is 0.356 e. The summed E-state index contributed by atoms with van der Waals surface area (Å²) >= 11 is 0. The Morgan fingerprint density at radius 1 is 1.65 bits per heavy atom. The SMILES string of the molecule is CCOC(=O)c1ccnn1CC1CC(F)(F)C1. The van der Waals surface area contributed by atoms with Gasteiger partial charge in [-0.1, -0.05) is 0 Å². The van der Waals surface area contributed by atoms with Crippen LogP contribution in [-0.2, 0) is 11.3 Å². The van der Waals surface area contributed by atoms with Gasteiger partial charge in [0.1, 0.15) is 5.69 Å². The van der Waals surface area contributed by atoms with E-state index in [0.29, 0.717) is 12.2 Å². The van der Waals surface area contributed by atoms with Crippen LogP contribution < -0.4 is 0 Å². The maximum atomic E-state index is 12.7. The highest BCUT2D eigenvalue weighted by atomic mass is 19.3. The lowest BCUT2D eigenvalue weighted by Crippen LogP contribution is -2.38. The zero-order chi connectivity index (χ0) is 12.5. The Morgan fingerprint density at radius 2 is 2.35 bits per heavy atom. The Kier molecular flexibility index (Phi) is 3.13. The molecule has 0 saturated heterocycles. The van der Waals surface area contributed by atoms with Crippen LogP contribution in [0.2, 0.25) is 0 Å². The number of ether oxygens (including phenoxy) is 1. The summed E-state index contributed by atoms with van der Waals surface area (Å²) in [5.41, 5.74) is 0.321. The van der Waals surface area contributed by atoms with E-state index in [0.717, 1.165) is 0 Å². The largest absolute Gasteiger partial charge is 0.461 e. The quantitative estimate of drug-likeness (QED) is 0.762. The lowest BCUT2D eigenvalue weighted by molar-refractivity contribution is -0.114. The average Bonchev–Trinajstić information content (AvgIpc) is 2.63. The third-order valence-electron chi connectivity index (χ3n) is 2.81. The highest BCUT2D eigenvalue weighted by molar-refractivity contribution is 5.87. The van der Waals surface area contributed by atoms with Crippen molar-refractivity contribution in [2.45, 2.75) is 32.2 Å². The fourth-order valence-electron chi connectivity index (χ4n) is 2.02. The minimum atomic E-state index is -2.54. The Bertz CT molecular complexity index is 409. The normalized spacial score (nSPS) is 18.8. The Balaban J connectivity index is 1.98. The van der Waals surface area contributed by atoms with Crippen molar-refractivity contribution in [2.75, 3.05) is 6.61 Å². The van der Waals surface area contributed by atoms with Crippen molar-refractivity contribution in [1.82, 2.24) is 9.78 Å². The first kappa shape index (κ1) is 12.0. The smallest absolute Gasteiger partial charge is 0.356 e. The van der Waals surface area contributed by atoms with E-state index in [9.17, 15) is 13.6 Å². The second-order valence-electron chi connectivity index (χ2n) is 4.25. The molecule has 0 radical (unpaired) electrons. The summed E-state index contributed by atoms with van der Waals surface area (Å²) < 4.78 is 31.6. The molecule has 1 aliphatic carbocycles. The number of aromatic nitrogens is 2. The van der Waals surface area contributed by atoms with Gasteiger partial charge in [0.05, 0.1) is 6.61 Å². The first-order chi connectivity index (χ1) is 8.02. The van der Waals surface area contributed by atoms with E-state index >= 15 is 0 Å². The minimum absolute atomic E-state index is 0.113. The molecule has 0 amide bonds. The van der Waals surface area contributed by atoms with Crippen molar-refractivity contribution in [1.29, 1.82) is 0 Å². The highest BCUT2D eigenvalue weighted by Gasteiger charge is 2.45. The lowest BCUT2D eigenvalue weighted by atomic mass is 9.81. The second kappa shape index (κ2) is 4.43. The molecule has 1 aliphatic rings. The molecule has 0 unspecified atom stereocenters. The predicted octanol–water partition coefficient (Wildman–Crippen LogP) is 2.11. The number of alkyl halides is 2. The topological polar surface area (TPSA) is 44.1 Å². The summed E-state index contributed by atoms with van der Waals surface area (Å²) in [6.07, 6.45) is 1.22. The summed E-state index contributed by atoms with van der Waals surface area (Å²) in [4.78, 5) is 11.5. The fraction of sp³-hybridized carbons (Fsp3) is 0.636. The van der Waals surface area contributed by atoms with E-state index < -0.39 is 11.9 Å². The van der Waals surface area contributed by atoms with Gasteiger partial charge in [0.15, 0.2) is 0 Å². The Labute approximate surface area is 97.6 Å². The molecule has 0 spiro atoms. The zero-order valence-corrected chi connectivity index (χ0v) is 9.53. The molecule has 94 valence electrons. The first-order valence-electron chi connectivity index (χ1n) is 5.58. The number of hydrogen-bond donors (Lipinski definition) is 0. The molecule has 2 rings (SSSR count). The van der Waals surface area contributed by atoms with E-state index in [4.69, 9.17) is 4.74 Å². The van der Waals surface area contributed by atoms with E-state index in [2.05, 4.69) is 5.10 Å². The summed E-state index contributed by atoms with van der Waals surface area (Å²) in [6.45, 7) is 2.34. The summed E-state index contributed by atoms with van der Waals surface area (Å²) in [5.74, 6) is -3.11. The molecule has 1 saturated carbocycles. The van der Waals surface area contributed by atoms with E-state index in [1.165, 1.54) is 16.9 Å². The van der Waals surface area contributed by atoms with Crippen LogP contribution in [0.25, 0.3) is 0 Å². The number of carbonyl (C=O) groups is 1. The maximum absolute atomic E-state index is 12.7. The van der Waals surface area contributed by atoms with Crippen LogP contribution in [-0.4, -0.2) is 28.3 Å². The van der Waals surface area contributed by atoms with E-state index in [1.54, 1.807) is 6.92 Å². The number of rotatable bonds is 4. The molecule has 1 fully saturated rings. The zero-order valence-electron chi connectivity index (χ0n) is 9.53. The fourth-order valence-corrected chi connectivity index (χ4v) is 2.02. The summed E-state index contributed by atoms with van der Waals surface area (Å²) in [7, 11) is 0. The molecular weight excluding hydrogens is 230 g/mol. The first-order valence-corrected chi connectivity index (χ1v) is 5.58. The van der Waals surface area contributed by atoms with Gasteiger partial charge in [0.25, 0.3) is 0 Å². The number of carbonyl (C=O) groups excluding carboxylic acids is 1. The molecule has 1 aromatic heterocycles. The Morgan fingerprint density at radius 3 is 2.94 bits per heavy atom. The highest BCUT2D eigenvalue weighted by Crippen LogP contribution is 2.43. The van der Waals surface area contributed by atoms with Crippen LogP contribution in [0.1, 0.15) is 30.3 Å². The van der Waals surface area contributed by atoms with E-state index in [1.807, 2.05) is 0 Å². The van der Waals surface area contributed by atoms with Crippen LogP contribution in [0.15, 0.2) is 12.3 Å². The summed E-state index contributed by atoms with van der Waals surface area (Å²) in [5, 5.41) is 3.96. The van der Waals surface area contributed by atoms with Crippen molar-refractivity contribution in [3.05, 3.63) is 18.0 Å². The standard InChI is InChI=1S/C11H14F2N2O2/c1-2-17-10(16)9-3-4-14-15(9)7-8-5-11(12,13)6-8/h3-4,8H,2,5-7H2,1H3. The molecular formula is C11H14F2N2O2. The number of nitrogens with zero attached hydrogens (tertiary/aromatic N) is 2. The molecule has 0 aromatic carbocycles. The summed E-state index contributed by atoms with van der Waals surface area (Å²) in [6, 6.07) is 1.54. The molecule has 1 heterocycles. The van der Waals surface area contributed by atoms with E-state index in [-0.39, 0.29) is 25.4 Å². The molecule has 0 atom stereocenters. The van der Waals surface area contributed by atoms with Crippen LogP contribution in [0.4, 0.5) is 8.78 Å². The van der Waals surface area contributed by atoms with Gasteiger partial charge in [-0.05, 0) is 18.9 Å². The molecule has 17 heavy (non-hydrogen) atoms. The van der Waals surface area contributed by atoms with Crippen LogP contribution >= 0.6 is 0 Å². The number of hydrogen-bond acceptors (Lipinski definition) is 3. The van der Waals surface area contributed by atoms with Gasteiger partial charge in [-0.3, -0.25) is 4.68 Å². The van der Waals surface area contributed by atoms with Crippen molar-refractivity contribution < 1.29 is 18.3 Å². The molecule has 0 bridgehead atoms. The third-order valence-corrected chi connectivity index (χ3v) is 2.81. The van der Waals surface area contributed by atoms with Gasteiger partial charge >= 0.3 is 5.97 Å². The van der Waals surface area contributed by atoms with Gasteiger partial charge in [0, 0.05) is 25.6 Å². The van der Waals surface area contributed by atoms with Gasteiger partial charge < -0.3 is 4.74 Å². The average molecular weight is 244 g/mol. The predicted molar refractivity (Wildman–Crippen MR) is 55.9 cm³/mol. The van der Waals surface area contributed by atoms with Crippen molar-refractivity contribution in [2.24, 2.45) is 5.92 Å². The lowest BCUT2D eigenvalue weighted by Gasteiger charge is -2.34. The van der Waals surface area contributed by atoms with Gasteiger partial charge in [-0.15, -0.1) is 0 Å². The number of halogens is 2. The van der Waals surface area contributed by atoms with Crippen LogP contribution in [0.5, 0.6) is 0 Å². The van der Waals surface area contributed by atoms with Crippen LogP contribution in [0.3, 0.4) is 0 Å².